The quantitative estimate of drug-likeness (QED) is 0.411. The van der Waals surface area contributed by atoms with E-state index in [0.717, 1.165) is 12.1 Å². The van der Waals surface area contributed by atoms with Gasteiger partial charge in [0.25, 0.3) is 0 Å². The molecule has 0 aliphatic carbocycles. The minimum Gasteiger partial charge on any atom is -0.497 e. The van der Waals surface area contributed by atoms with Crippen LogP contribution < -0.4 is 24.8 Å². The number of methoxy groups -OCH3 is 3. The van der Waals surface area contributed by atoms with Crippen LogP contribution in [0.15, 0.2) is 30.3 Å². The van der Waals surface area contributed by atoms with Crippen LogP contribution in [0.3, 0.4) is 0 Å². The Morgan fingerprint density at radius 1 is 1.09 bits per heavy atom. The molecule has 1 saturated heterocycles. The number of hydrogen-bond donors (Lipinski definition) is 2. The van der Waals surface area contributed by atoms with Crippen molar-refractivity contribution in [2.75, 3.05) is 39.7 Å². The van der Waals surface area contributed by atoms with Crippen LogP contribution in [-0.2, 0) is 12.2 Å². The first-order valence-corrected chi connectivity index (χ1v) is 11.2. The van der Waals surface area contributed by atoms with Gasteiger partial charge in [0.2, 0.25) is 5.95 Å². The molecule has 3 heterocycles. The van der Waals surface area contributed by atoms with Gasteiger partial charge in [-0.2, -0.15) is 4.52 Å². The number of fused-ring (bicyclic) bond motifs is 3. The molecule has 1 atom stereocenters. The zero-order valence-electron chi connectivity index (χ0n) is 19.7. The molecule has 0 spiro atoms. The van der Waals surface area contributed by atoms with Gasteiger partial charge in [-0.1, -0.05) is 0 Å². The summed E-state index contributed by atoms with van der Waals surface area (Å²) in [7, 11) is 4.60. The van der Waals surface area contributed by atoms with Crippen LogP contribution in [0.4, 0.5) is 14.7 Å². The van der Waals surface area contributed by atoms with Crippen molar-refractivity contribution in [3.05, 3.63) is 47.5 Å². The number of anilines is 1. The summed E-state index contributed by atoms with van der Waals surface area (Å²) in [6.45, 7) is 1.17. The number of nitrogens with one attached hydrogen (secondary N) is 2. The summed E-state index contributed by atoms with van der Waals surface area (Å²) in [6, 6.07) is 8.03. The Labute approximate surface area is 200 Å². The van der Waals surface area contributed by atoms with Crippen LogP contribution in [0, 0.1) is 5.82 Å². The number of ether oxygens (including phenoxy) is 3. The minimum absolute atomic E-state index is 0.0345. The zero-order chi connectivity index (χ0) is 24.6. The molecule has 1 aliphatic heterocycles. The summed E-state index contributed by atoms with van der Waals surface area (Å²) in [5.74, 6) is 1.36. The van der Waals surface area contributed by atoms with Crippen molar-refractivity contribution >= 4 is 22.5 Å². The number of alkyl halides is 1. The van der Waals surface area contributed by atoms with E-state index in [0.29, 0.717) is 47.7 Å². The third-order valence-electron chi connectivity index (χ3n) is 6.19. The number of halogens is 2. The molecule has 2 aromatic heterocycles. The normalized spacial score (nSPS) is 18.1. The molecule has 2 N–H and O–H groups in total. The van der Waals surface area contributed by atoms with Crippen molar-refractivity contribution in [2.45, 2.75) is 25.1 Å². The van der Waals surface area contributed by atoms with Crippen molar-refractivity contribution in [2.24, 2.45) is 0 Å². The van der Waals surface area contributed by atoms with Crippen molar-refractivity contribution in [1.29, 1.82) is 0 Å². The molecular weight excluding hydrogens is 458 g/mol. The zero-order valence-corrected chi connectivity index (χ0v) is 19.7. The third kappa shape index (κ3) is 4.16. The number of benzene rings is 2. The van der Waals surface area contributed by atoms with Crippen LogP contribution in [0.2, 0.25) is 0 Å². The molecule has 0 saturated carbocycles. The highest BCUT2D eigenvalue weighted by Gasteiger charge is 2.38. The lowest BCUT2D eigenvalue weighted by molar-refractivity contribution is 0.111. The molecule has 0 bridgehead atoms. The number of aromatic nitrogens is 4. The number of nitrogens with zero attached hydrogens (tertiary/aromatic N) is 4. The maximum atomic E-state index is 15.8. The maximum Gasteiger partial charge on any atom is 0.226 e. The molecule has 0 amide bonds. The number of rotatable bonds is 7. The number of hydrogen-bond acceptors (Lipinski definition) is 8. The molecule has 5 rings (SSSR count). The summed E-state index contributed by atoms with van der Waals surface area (Å²) in [5.41, 5.74) is -0.216. The lowest BCUT2D eigenvalue weighted by Gasteiger charge is -2.27. The first-order valence-electron chi connectivity index (χ1n) is 11.2. The summed E-state index contributed by atoms with van der Waals surface area (Å²) in [6.07, 6.45) is 0.960. The van der Waals surface area contributed by atoms with E-state index in [1.807, 2.05) is 12.1 Å². The Balaban J connectivity index is 1.63. The smallest absolute Gasteiger partial charge is 0.226 e. The molecule has 11 heteroatoms. The Morgan fingerprint density at radius 3 is 2.63 bits per heavy atom. The highest BCUT2D eigenvalue weighted by molar-refractivity contribution is 5.96. The second-order valence-electron chi connectivity index (χ2n) is 8.39. The largest absolute Gasteiger partial charge is 0.497 e. The fraction of sp³-hybridized carbons (Fsp3) is 0.375. The Bertz CT molecular complexity index is 1390. The molecule has 0 radical (unpaired) electrons. The Kier molecular flexibility index (Phi) is 6.01. The van der Waals surface area contributed by atoms with E-state index in [9.17, 15) is 4.39 Å². The van der Waals surface area contributed by atoms with E-state index in [4.69, 9.17) is 14.2 Å². The molecule has 1 unspecified atom stereocenters. The van der Waals surface area contributed by atoms with Gasteiger partial charge in [0.05, 0.1) is 26.7 Å². The van der Waals surface area contributed by atoms with Gasteiger partial charge in [0, 0.05) is 30.8 Å². The van der Waals surface area contributed by atoms with Crippen LogP contribution in [-0.4, -0.2) is 54.0 Å². The van der Waals surface area contributed by atoms with Crippen molar-refractivity contribution in [3.63, 3.8) is 0 Å². The molecule has 9 nitrogen and oxygen atoms in total. The molecule has 184 valence electrons. The molecule has 1 aliphatic rings. The standard InChI is InChI=1S/C24H26F2N6O3/c1-33-16-6-5-14(18(11-16)34-2)12-28-23-29-20-17(9-15(25)10-19(20)35-3)21-30-22(31-32(21)23)24(26)7-4-8-27-13-24/h5-6,9-11,27H,4,7-8,12-13H2,1-3H3,(H,28,29). The predicted octanol–water partition coefficient (Wildman–Crippen LogP) is 3.60. The van der Waals surface area contributed by atoms with Gasteiger partial charge in [0.1, 0.15) is 28.6 Å². The average molecular weight is 485 g/mol. The third-order valence-corrected chi connectivity index (χ3v) is 6.19. The van der Waals surface area contributed by atoms with Gasteiger partial charge in [-0.3, -0.25) is 0 Å². The second kappa shape index (κ2) is 9.14. The molecule has 4 aromatic rings. The SMILES string of the molecule is COc1ccc(CNc2nc3c(OC)cc(F)cc3c3nc(C4(F)CCCNC4)nn23)c(OC)c1. The Morgan fingerprint density at radius 2 is 1.91 bits per heavy atom. The second-order valence-corrected chi connectivity index (χ2v) is 8.39. The first kappa shape index (κ1) is 23.0. The van der Waals surface area contributed by atoms with Gasteiger partial charge in [-0.25, -0.2) is 18.7 Å². The highest BCUT2D eigenvalue weighted by Crippen LogP contribution is 2.35. The summed E-state index contributed by atoms with van der Waals surface area (Å²) in [4.78, 5) is 9.17. The minimum atomic E-state index is -1.73. The van der Waals surface area contributed by atoms with E-state index < -0.39 is 11.5 Å². The van der Waals surface area contributed by atoms with E-state index in [1.165, 1.54) is 23.8 Å². The molecule has 35 heavy (non-hydrogen) atoms. The van der Waals surface area contributed by atoms with E-state index in [-0.39, 0.29) is 23.8 Å². The summed E-state index contributed by atoms with van der Waals surface area (Å²) < 4.78 is 47.7. The lowest BCUT2D eigenvalue weighted by atomic mass is 9.95. The van der Waals surface area contributed by atoms with Crippen LogP contribution in [0.5, 0.6) is 17.2 Å². The van der Waals surface area contributed by atoms with E-state index in [2.05, 4.69) is 25.7 Å². The van der Waals surface area contributed by atoms with E-state index >= 15 is 4.39 Å². The van der Waals surface area contributed by atoms with Crippen molar-refractivity contribution < 1.29 is 23.0 Å². The fourth-order valence-corrected chi connectivity index (χ4v) is 4.34. The highest BCUT2D eigenvalue weighted by atomic mass is 19.1. The predicted molar refractivity (Wildman–Crippen MR) is 127 cm³/mol. The lowest BCUT2D eigenvalue weighted by Crippen LogP contribution is -2.40. The molecule has 2 aromatic carbocycles. The van der Waals surface area contributed by atoms with Crippen molar-refractivity contribution in [3.8, 4) is 17.2 Å². The first-order chi connectivity index (χ1) is 17.0. The average Bonchev–Trinajstić information content (AvgIpc) is 3.34. The topological polar surface area (TPSA) is 94.8 Å². The van der Waals surface area contributed by atoms with Gasteiger partial charge in [-0.05, 0) is 37.6 Å². The molecular formula is C24H26F2N6O3. The molecule has 1 fully saturated rings. The van der Waals surface area contributed by atoms with Crippen LogP contribution >= 0.6 is 0 Å². The van der Waals surface area contributed by atoms with E-state index in [1.54, 1.807) is 20.3 Å². The van der Waals surface area contributed by atoms with Gasteiger partial charge < -0.3 is 24.8 Å². The fourth-order valence-electron chi connectivity index (χ4n) is 4.34. The van der Waals surface area contributed by atoms with Gasteiger partial charge in [0.15, 0.2) is 17.1 Å². The van der Waals surface area contributed by atoms with Gasteiger partial charge in [-0.15, -0.1) is 5.10 Å². The summed E-state index contributed by atoms with van der Waals surface area (Å²) in [5, 5.41) is 11.2. The monoisotopic (exact) mass is 484 g/mol. The van der Waals surface area contributed by atoms with Crippen LogP contribution in [0.25, 0.3) is 16.6 Å². The number of piperidine rings is 1. The Hall–Kier alpha value is -3.73. The van der Waals surface area contributed by atoms with Crippen molar-refractivity contribution in [1.82, 2.24) is 24.9 Å². The maximum absolute atomic E-state index is 15.8. The van der Waals surface area contributed by atoms with Crippen LogP contribution in [0.1, 0.15) is 24.2 Å². The summed E-state index contributed by atoms with van der Waals surface area (Å²) >= 11 is 0. The van der Waals surface area contributed by atoms with Gasteiger partial charge >= 0.3 is 0 Å².